The number of benzene rings is 1. The zero-order valence-corrected chi connectivity index (χ0v) is 14.0. The summed E-state index contributed by atoms with van der Waals surface area (Å²) in [5, 5.41) is 0. The van der Waals surface area contributed by atoms with Crippen LogP contribution >= 0.6 is 0 Å². The molecule has 21 heavy (non-hydrogen) atoms. The molecular weight excluding hydrogens is 260 g/mol. The molecule has 0 spiro atoms. The first kappa shape index (κ1) is 17.4. The fourth-order valence-corrected chi connectivity index (χ4v) is 2.11. The molecule has 1 aromatic carbocycles. The molecule has 0 fully saturated rings. The summed E-state index contributed by atoms with van der Waals surface area (Å²) in [6.07, 6.45) is 1.99. The third-order valence-corrected chi connectivity index (χ3v) is 3.54. The van der Waals surface area contributed by atoms with Gasteiger partial charge in [-0.05, 0) is 43.4 Å². The molecular formula is C19H28O2. The minimum atomic E-state index is 0.330. The van der Waals surface area contributed by atoms with Gasteiger partial charge in [-0.2, -0.15) is 0 Å². The molecule has 0 saturated heterocycles. The highest BCUT2D eigenvalue weighted by Crippen LogP contribution is 2.33. The zero-order valence-electron chi connectivity index (χ0n) is 14.0. The van der Waals surface area contributed by atoms with Crippen molar-refractivity contribution in [3.63, 3.8) is 0 Å². The SMILES string of the molecule is CC#CC(C)C(C)c1ccc(OCCC)c(OCCC)c1. The van der Waals surface area contributed by atoms with E-state index in [1.807, 2.05) is 13.0 Å². The largest absolute Gasteiger partial charge is 0.490 e. The molecule has 2 nitrogen and oxygen atoms in total. The first-order valence-corrected chi connectivity index (χ1v) is 7.95. The lowest BCUT2D eigenvalue weighted by molar-refractivity contribution is 0.268. The summed E-state index contributed by atoms with van der Waals surface area (Å²) in [4.78, 5) is 0. The van der Waals surface area contributed by atoms with Gasteiger partial charge in [0.1, 0.15) is 0 Å². The van der Waals surface area contributed by atoms with Gasteiger partial charge in [-0.15, -0.1) is 5.92 Å². The number of rotatable bonds is 8. The van der Waals surface area contributed by atoms with E-state index < -0.39 is 0 Å². The second-order valence-electron chi connectivity index (χ2n) is 5.37. The molecule has 0 aliphatic heterocycles. The van der Waals surface area contributed by atoms with E-state index in [1.165, 1.54) is 5.56 Å². The lowest BCUT2D eigenvalue weighted by Crippen LogP contribution is -2.06. The second-order valence-corrected chi connectivity index (χ2v) is 5.37. The van der Waals surface area contributed by atoms with Crippen molar-refractivity contribution in [1.82, 2.24) is 0 Å². The number of hydrogen-bond donors (Lipinski definition) is 0. The zero-order chi connectivity index (χ0) is 15.7. The Labute approximate surface area is 129 Å². The maximum Gasteiger partial charge on any atom is 0.161 e. The van der Waals surface area contributed by atoms with Gasteiger partial charge in [0.2, 0.25) is 0 Å². The third kappa shape index (κ3) is 5.34. The van der Waals surface area contributed by atoms with Gasteiger partial charge in [-0.1, -0.05) is 39.7 Å². The molecule has 2 unspecified atom stereocenters. The minimum absolute atomic E-state index is 0.330. The van der Waals surface area contributed by atoms with Crippen LogP contribution in [0.4, 0.5) is 0 Å². The van der Waals surface area contributed by atoms with E-state index in [0.717, 1.165) is 30.9 Å². The molecule has 2 heteroatoms. The summed E-state index contributed by atoms with van der Waals surface area (Å²) < 4.78 is 11.6. The van der Waals surface area contributed by atoms with Gasteiger partial charge in [0.15, 0.2) is 11.5 Å². The van der Waals surface area contributed by atoms with Crippen LogP contribution in [-0.2, 0) is 0 Å². The normalized spacial score (nSPS) is 13.0. The Bertz CT molecular complexity index is 482. The van der Waals surface area contributed by atoms with Gasteiger partial charge >= 0.3 is 0 Å². The van der Waals surface area contributed by atoms with Crippen LogP contribution in [0.2, 0.25) is 0 Å². The molecule has 0 aliphatic rings. The molecule has 116 valence electrons. The Morgan fingerprint density at radius 2 is 1.62 bits per heavy atom. The van der Waals surface area contributed by atoms with Crippen molar-refractivity contribution in [3.05, 3.63) is 23.8 Å². The van der Waals surface area contributed by atoms with Crippen molar-refractivity contribution >= 4 is 0 Å². The van der Waals surface area contributed by atoms with Gasteiger partial charge < -0.3 is 9.47 Å². The summed E-state index contributed by atoms with van der Waals surface area (Å²) in [7, 11) is 0. The van der Waals surface area contributed by atoms with Crippen LogP contribution < -0.4 is 9.47 Å². The summed E-state index contributed by atoms with van der Waals surface area (Å²) in [6.45, 7) is 11.9. The van der Waals surface area contributed by atoms with E-state index in [9.17, 15) is 0 Å². The van der Waals surface area contributed by atoms with Crippen LogP contribution in [0.3, 0.4) is 0 Å². The van der Waals surface area contributed by atoms with Crippen LogP contribution in [0.1, 0.15) is 58.9 Å². The van der Waals surface area contributed by atoms with Crippen LogP contribution in [0, 0.1) is 17.8 Å². The van der Waals surface area contributed by atoms with Crippen molar-refractivity contribution in [2.75, 3.05) is 13.2 Å². The molecule has 0 N–H and O–H groups in total. The van der Waals surface area contributed by atoms with E-state index in [0.29, 0.717) is 18.4 Å². The van der Waals surface area contributed by atoms with Gasteiger partial charge in [-0.25, -0.2) is 0 Å². The van der Waals surface area contributed by atoms with Gasteiger partial charge in [0, 0.05) is 5.92 Å². The van der Waals surface area contributed by atoms with Gasteiger partial charge in [0.25, 0.3) is 0 Å². The van der Waals surface area contributed by atoms with Gasteiger partial charge in [-0.3, -0.25) is 0 Å². The summed E-state index contributed by atoms with van der Waals surface area (Å²) in [5.74, 6) is 8.64. The summed E-state index contributed by atoms with van der Waals surface area (Å²) >= 11 is 0. The maximum absolute atomic E-state index is 5.85. The van der Waals surface area contributed by atoms with Crippen molar-refractivity contribution in [1.29, 1.82) is 0 Å². The van der Waals surface area contributed by atoms with Crippen LogP contribution in [0.5, 0.6) is 11.5 Å². The monoisotopic (exact) mass is 288 g/mol. The molecule has 0 radical (unpaired) electrons. The van der Waals surface area contributed by atoms with Crippen molar-refractivity contribution < 1.29 is 9.47 Å². The molecule has 0 amide bonds. The maximum atomic E-state index is 5.85. The number of hydrogen-bond acceptors (Lipinski definition) is 2. The molecule has 0 bridgehead atoms. The topological polar surface area (TPSA) is 18.5 Å². The Morgan fingerprint density at radius 1 is 1.00 bits per heavy atom. The Morgan fingerprint density at radius 3 is 2.19 bits per heavy atom. The van der Waals surface area contributed by atoms with Crippen molar-refractivity contribution in [2.24, 2.45) is 5.92 Å². The van der Waals surface area contributed by atoms with Crippen LogP contribution in [-0.4, -0.2) is 13.2 Å². The second kappa shape index (κ2) is 9.34. The smallest absolute Gasteiger partial charge is 0.161 e. The molecule has 1 rings (SSSR count). The van der Waals surface area contributed by atoms with Crippen LogP contribution in [0.15, 0.2) is 18.2 Å². The lowest BCUT2D eigenvalue weighted by Gasteiger charge is -2.18. The number of ether oxygens (including phenoxy) is 2. The van der Waals surface area contributed by atoms with E-state index in [2.05, 4.69) is 51.7 Å². The van der Waals surface area contributed by atoms with Crippen molar-refractivity contribution in [2.45, 2.75) is 53.4 Å². The predicted molar refractivity (Wildman–Crippen MR) is 89.0 cm³/mol. The highest BCUT2D eigenvalue weighted by atomic mass is 16.5. The summed E-state index contributed by atoms with van der Waals surface area (Å²) in [6, 6.07) is 6.26. The molecule has 1 aromatic rings. The first-order chi connectivity index (χ1) is 10.1. The highest BCUT2D eigenvalue weighted by Gasteiger charge is 2.15. The molecule has 0 aliphatic carbocycles. The van der Waals surface area contributed by atoms with Gasteiger partial charge in [0.05, 0.1) is 13.2 Å². The molecule has 0 saturated carbocycles. The summed E-state index contributed by atoms with van der Waals surface area (Å²) in [5.41, 5.74) is 1.25. The fraction of sp³-hybridized carbons (Fsp3) is 0.579. The van der Waals surface area contributed by atoms with E-state index in [1.54, 1.807) is 0 Å². The third-order valence-electron chi connectivity index (χ3n) is 3.54. The Kier molecular flexibility index (Phi) is 7.75. The fourth-order valence-electron chi connectivity index (χ4n) is 2.11. The van der Waals surface area contributed by atoms with Crippen molar-refractivity contribution in [3.8, 4) is 23.3 Å². The average molecular weight is 288 g/mol. The quantitative estimate of drug-likeness (QED) is 0.625. The first-order valence-electron chi connectivity index (χ1n) is 7.95. The Hall–Kier alpha value is -1.62. The molecule has 0 heterocycles. The molecule has 2 atom stereocenters. The van der Waals surface area contributed by atoms with E-state index >= 15 is 0 Å². The average Bonchev–Trinajstić information content (AvgIpc) is 2.50. The Balaban J connectivity index is 2.98. The minimum Gasteiger partial charge on any atom is -0.490 e. The van der Waals surface area contributed by atoms with E-state index in [-0.39, 0.29) is 0 Å². The molecule has 0 aromatic heterocycles. The lowest BCUT2D eigenvalue weighted by atomic mass is 9.89. The predicted octanol–water partition coefficient (Wildman–Crippen LogP) is 5.03. The van der Waals surface area contributed by atoms with Crippen LogP contribution in [0.25, 0.3) is 0 Å². The van der Waals surface area contributed by atoms with E-state index in [4.69, 9.17) is 9.47 Å². The highest BCUT2D eigenvalue weighted by molar-refractivity contribution is 5.44. The standard InChI is InChI=1S/C19H28O2/c1-6-9-15(4)16(5)17-10-11-18(20-12-7-2)19(14-17)21-13-8-3/h10-11,14-16H,7-8,12-13H2,1-5H3.